The summed E-state index contributed by atoms with van der Waals surface area (Å²) in [4.78, 5) is 41.1. The Morgan fingerprint density at radius 3 is 2.00 bits per heavy atom. The summed E-state index contributed by atoms with van der Waals surface area (Å²) in [5.74, 6) is 1.82. The number of hydrogen-bond acceptors (Lipinski definition) is 3. The molecule has 4 aliphatic rings. The summed E-state index contributed by atoms with van der Waals surface area (Å²) < 4.78 is 1.40. The highest BCUT2D eigenvalue weighted by atomic mass is 16.2. The summed E-state index contributed by atoms with van der Waals surface area (Å²) in [7, 11) is 1.63. The van der Waals surface area contributed by atoms with Gasteiger partial charge in [0, 0.05) is 25.3 Å². The summed E-state index contributed by atoms with van der Waals surface area (Å²) in [6, 6.07) is 1.65. The normalized spacial score (nSPS) is 29.5. The van der Waals surface area contributed by atoms with Gasteiger partial charge < -0.3 is 14.8 Å². The van der Waals surface area contributed by atoms with Crippen molar-refractivity contribution in [3.05, 3.63) is 28.2 Å². The Labute approximate surface area is 179 Å². The van der Waals surface area contributed by atoms with Crippen LogP contribution in [0.5, 0.6) is 0 Å². The van der Waals surface area contributed by atoms with Crippen molar-refractivity contribution in [1.82, 2.24) is 9.47 Å². The zero-order valence-electron chi connectivity index (χ0n) is 18.9. The van der Waals surface area contributed by atoms with Gasteiger partial charge in [0.15, 0.2) is 0 Å². The number of hydrogen-bond donors (Lipinski definition) is 1. The van der Waals surface area contributed by atoms with E-state index >= 15 is 0 Å². The molecule has 0 unspecified atom stereocenters. The van der Waals surface area contributed by atoms with E-state index in [1.807, 2.05) is 27.7 Å². The third-order valence-electron chi connectivity index (χ3n) is 7.55. The third-order valence-corrected chi connectivity index (χ3v) is 7.55. The van der Waals surface area contributed by atoms with Gasteiger partial charge in [-0.05, 0) is 90.0 Å². The first-order valence-electron chi connectivity index (χ1n) is 11.4. The van der Waals surface area contributed by atoms with Crippen LogP contribution in [0.2, 0.25) is 0 Å². The number of pyridine rings is 1. The lowest BCUT2D eigenvalue weighted by Crippen LogP contribution is -2.52. The first-order valence-corrected chi connectivity index (χ1v) is 11.4. The predicted molar refractivity (Wildman–Crippen MR) is 117 cm³/mol. The van der Waals surface area contributed by atoms with E-state index in [1.165, 1.54) is 23.8 Å². The van der Waals surface area contributed by atoms with Crippen molar-refractivity contribution >= 4 is 17.5 Å². The second kappa shape index (κ2) is 7.54. The zero-order chi connectivity index (χ0) is 21.8. The number of aromatic nitrogens is 1. The Morgan fingerprint density at radius 2 is 1.53 bits per heavy atom. The number of carbonyl (C=O) groups excluding carboxylic acids is 2. The molecule has 5 rings (SSSR count). The molecule has 30 heavy (non-hydrogen) atoms. The van der Waals surface area contributed by atoms with Crippen LogP contribution in [0.25, 0.3) is 0 Å². The lowest BCUT2D eigenvalue weighted by atomic mass is 9.49. The molecule has 1 N–H and O–H groups in total. The van der Waals surface area contributed by atoms with E-state index in [1.54, 1.807) is 24.2 Å². The highest BCUT2D eigenvalue weighted by Gasteiger charge is 2.54. The number of rotatable bonds is 5. The molecule has 0 aromatic carbocycles. The van der Waals surface area contributed by atoms with Crippen molar-refractivity contribution in [2.75, 3.05) is 5.32 Å². The van der Waals surface area contributed by atoms with Crippen molar-refractivity contribution < 1.29 is 9.59 Å². The van der Waals surface area contributed by atoms with Crippen LogP contribution in [-0.2, 0) is 11.8 Å². The van der Waals surface area contributed by atoms with E-state index in [4.69, 9.17) is 0 Å². The molecular formula is C24H35N3O3. The van der Waals surface area contributed by atoms with Crippen LogP contribution in [-0.4, -0.2) is 33.4 Å². The maximum Gasteiger partial charge on any atom is 0.274 e. The summed E-state index contributed by atoms with van der Waals surface area (Å²) in [6.07, 6.45) is 8.19. The molecule has 6 heteroatoms. The van der Waals surface area contributed by atoms with Crippen molar-refractivity contribution in [2.24, 2.45) is 30.2 Å². The smallest absolute Gasteiger partial charge is 0.274 e. The molecule has 0 atom stereocenters. The fourth-order valence-electron chi connectivity index (χ4n) is 6.78. The van der Waals surface area contributed by atoms with Gasteiger partial charge in [-0.3, -0.25) is 14.4 Å². The Bertz CT molecular complexity index is 871. The largest absolute Gasteiger partial charge is 0.334 e. The van der Waals surface area contributed by atoms with Gasteiger partial charge in [-0.25, -0.2) is 0 Å². The van der Waals surface area contributed by atoms with Crippen molar-refractivity contribution in [3.8, 4) is 0 Å². The molecule has 6 nitrogen and oxygen atoms in total. The van der Waals surface area contributed by atoms with Gasteiger partial charge in [-0.15, -0.1) is 0 Å². The minimum atomic E-state index is -0.332. The SMILES string of the molecule is CC(C)N(C(=O)c1cc(NC(=O)C23CC4CC(CC(C4)C2)C3)c(=O)n(C)c1)C(C)C. The Hall–Kier alpha value is -2.11. The second-order valence-corrected chi connectivity index (χ2v) is 10.6. The lowest BCUT2D eigenvalue weighted by Gasteiger charge is -2.55. The van der Waals surface area contributed by atoms with E-state index in [-0.39, 0.29) is 40.6 Å². The molecule has 0 aliphatic heterocycles. The maximum atomic E-state index is 13.4. The molecule has 4 fully saturated rings. The van der Waals surface area contributed by atoms with Gasteiger partial charge >= 0.3 is 0 Å². The highest BCUT2D eigenvalue weighted by molar-refractivity contribution is 5.98. The maximum absolute atomic E-state index is 13.4. The van der Waals surface area contributed by atoms with E-state index < -0.39 is 0 Å². The number of nitrogens with one attached hydrogen (secondary N) is 1. The molecule has 164 valence electrons. The first-order chi connectivity index (χ1) is 14.1. The molecule has 0 radical (unpaired) electrons. The molecule has 4 saturated carbocycles. The molecule has 1 heterocycles. The van der Waals surface area contributed by atoms with Crippen molar-refractivity contribution in [3.63, 3.8) is 0 Å². The van der Waals surface area contributed by atoms with Crippen LogP contribution in [0.1, 0.15) is 76.6 Å². The van der Waals surface area contributed by atoms with Crippen LogP contribution >= 0.6 is 0 Å². The van der Waals surface area contributed by atoms with Gasteiger partial charge in [0.25, 0.3) is 11.5 Å². The molecule has 0 saturated heterocycles. The zero-order valence-corrected chi connectivity index (χ0v) is 18.9. The van der Waals surface area contributed by atoms with Gasteiger partial charge in [-0.1, -0.05) is 0 Å². The Morgan fingerprint density at radius 1 is 1.03 bits per heavy atom. The van der Waals surface area contributed by atoms with Crippen LogP contribution in [0.4, 0.5) is 5.69 Å². The topological polar surface area (TPSA) is 71.4 Å². The van der Waals surface area contributed by atoms with Crippen LogP contribution in [0, 0.1) is 23.2 Å². The van der Waals surface area contributed by atoms with Crippen LogP contribution < -0.4 is 10.9 Å². The van der Waals surface area contributed by atoms with E-state index in [2.05, 4.69) is 5.32 Å². The molecule has 0 spiro atoms. The quantitative estimate of drug-likeness (QED) is 0.798. The van der Waals surface area contributed by atoms with Crippen LogP contribution in [0.3, 0.4) is 0 Å². The van der Waals surface area contributed by atoms with Gasteiger partial charge in [0.1, 0.15) is 5.69 Å². The van der Waals surface area contributed by atoms with E-state index in [9.17, 15) is 14.4 Å². The third kappa shape index (κ3) is 3.58. The molecule has 2 amide bonds. The predicted octanol–water partition coefficient (Wildman–Crippen LogP) is 3.80. The average Bonchev–Trinajstić information content (AvgIpc) is 2.63. The summed E-state index contributed by atoms with van der Waals surface area (Å²) >= 11 is 0. The van der Waals surface area contributed by atoms with Gasteiger partial charge in [0.05, 0.1) is 11.0 Å². The van der Waals surface area contributed by atoms with Gasteiger partial charge in [-0.2, -0.15) is 0 Å². The fourth-order valence-corrected chi connectivity index (χ4v) is 6.78. The minimum Gasteiger partial charge on any atom is -0.334 e. The number of carbonyl (C=O) groups is 2. The fraction of sp³-hybridized carbons (Fsp3) is 0.708. The standard InChI is InChI=1S/C24H35N3O3/c1-14(2)27(15(3)4)21(28)19-9-20(22(29)26(5)13-19)25-23(30)24-10-16-6-17(11-24)8-18(7-16)12-24/h9,13-18H,6-8,10-12H2,1-5H3,(H,25,30). The molecule has 4 bridgehead atoms. The van der Waals surface area contributed by atoms with Crippen molar-refractivity contribution in [1.29, 1.82) is 0 Å². The number of amides is 2. The highest BCUT2D eigenvalue weighted by Crippen LogP contribution is 2.60. The van der Waals surface area contributed by atoms with E-state index in [0.717, 1.165) is 19.3 Å². The average molecular weight is 414 g/mol. The number of nitrogens with zero attached hydrogens (tertiary/aromatic N) is 2. The first kappa shape index (κ1) is 21.1. The molecule has 1 aromatic heterocycles. The lowest BCUT2D eigenvalue weighted by molar-refractivity contribution is -0.140. The summed E-state index contributed by atoms with van der Waals surface area (Å²) in [6.45, 7) is 7.93. The molecule has 4 aliphatic carbocycles. The second-order valence-electron chi connectivity index (χ2n) is 10.6. The van der Waals surface area contributed by atoms with Gasteiger partial charge in [0.2, 0.25) is 5.91 Å². The Kier molecular flexibility index (Phi) is 5.31. The molecular weight excluding hydrogens is 378 g/mol. The summed E-state index contributed by atoms with van der Waals surface area (Å²) in [5, 5.41) is 2.96. The Balaban J connectivity index is 1.61. The molecule has 1 aromatic rings. The van der Waals surface area contributed by atoms with E-state index in [0.29, 0.717) is 23.3 Å². The van der Waals surface area contributed by atoms with Crippen molar-refractivity contribution in [2.45, 2.75) is 78.3 Å². The minimum absolute atomic E-state index is 0.0205. The monoisotopic (exact) mass is 413 g/mol. The summed E-state index contributed by atoms with van der Waals surface area (Å²) in [5.41, 5.74) is 0.0453. The van der Waals surface area contributed by atoms with Crippen LogP contribution in [0.15, 0.2) is 17.1 Å². The number of anilines is 1. The number of aryl methyl sites for hydroxylation is 1.